The molecule has 2 fully saturated rings. The molecular weight excluding hydrogens is 356 g/mol. The highest BCUT2D eigenvalue weighted by Gasteiger charge is 2.40. The third-order valence-electron chi connectivity index (χ3n) is 5.19. The van der Waals surface area contributed by atoms with Crippen molar-refractivity contribution in [3.8, 4) is 11.5 Å². The Bertz CT molecular complexity index is 763. The summed E-state index contributed by atoms with van der Waals surface area (Å²) in [5.74, 6) is 1.33. The van der Waals surface area contributed by atoms with Crippen molar-refractivity contribution in [2.75, 3.05) is 38.2 Å². The van der Waals surface area contributed by atoms with Crippen LogP contribution >= 0.6 is 0 Å². The lowest BCUT2D eigenvalue weighted by Gasteiger charge is -2.37. The van der Waals surface area contributed by atoms with Gasteiger partial charge in [-0.1, -0.05) is 18.2 Å². The van der Waals surface area contributed by atoms with Gasteiger partial charge in [0.2, 0.25) is 5.91 Å². The molecule has 6 heteroatoms. The van der Waals surface area contributed by atoms with Gasteiger partial charge in [0.15, 0.2) is 5.79 Å². The van der Waals surface area contributed by atoms with Crippen LogP contribution in [0.4, 0.5) is 5.69 Å². The fraction of sp³-hybridized carbons (Fsp3) is 0.409. The maximum absolute atomic E-state index is 12.4. The molecule has 148 valence electrons. The minimum atomic E-state index is -0.432. The topological polar surface area (TPSA) is 60.0 Å². The van der Waals surface area contributed by atoms with Gasteiger partial charge >= 0.3 is 0 Å². The van der Waals surface area contributed by atoms with Gasteiger partial charge in [-0.3, -0.25) is 4.79 Å². The number of hydrogen-bond acceptors (Lipinski definition) is 5. The van der Waals surface area contributed by atoms with Crippen LogP contribution in [0, 0.1) is 0 Å². The molecule has 1 spiro atoms. The largest absolute Gasteiger partial charge is 0.457 e. The molecule has 2 saturated heterocycles. The van der Waals surface area contributed by atoms with Crippen LogP contribution in [0.25, 0.3) is 0 Å². The summed E-state index contributed by atoms with van der Waals surface area (Å²) in [5.41, 5.74) is 0.971. The molecule has 2 heterocycles. The third kappa shape index (κ3) is 4.64. The molecule has 0 unspecified atom stereocenters. The standard InChI is InChI=1S/C22H26N2O4/c25-21(24-14-11-22(12-15-24)26-16-17-27-22)10-13-23-18-6-8-20(9-7-18)28-19-4-2-1-3-5-19/h1-9,23H,10-17H2. The Morgan fingerprint density at radius 1 is 0.964 bits per heavy atom. The van der Waals surface area contributed by atoms with Gasteiger partial charge in [0, 0.05) is 44.6 Å². The number of carbonyl (C=O) groups excluding carboxylic acids is 1. The lowest BCUT2D eigenvalue weighted by molar-refractivity contribution is -0.187. The van der Waals surface area contributed by atoms with Crippen molar-refractivity contribution < 1.29 is 19.0 Å². The Kier molecular flexibility index (Phi) is 5.78. The van der Waals surface area contributed by atoms with E-state index in [1.165, 1.54) is 0 Å². The summed E-state index contributed by atoms with van der Waals surface area (Å²) in [7, 11) is 0. The number of nitrogens with one attached hydrogen (secondary N) is 1. The summed E-state index contributed by atoms with van der Waals surface area (Å²) in [6.45, 7) is 3.32. The van der Waals surface area contributed by atoms with E-state index < -0.39 is 5.79 Å². The molecule has 2 aromatic rings. The Morgan fingerprint density at radius 3 is 2.29 bits per heavy atom. The maximum atomic E-state index is 12.4. The summed E-state index contributed by atoms with van der Waals surface area (Å²) in [6.07, 6.45) is 1.99. The number of amides is 1. The predicted octanol–water partition coefficient (Wildman–Crippen LogP) is 3.65. The molecule has 0 saturated carbocycles. The van der Waals surface area contributed by atoms with Crippen molar-refractivity contribution in [3.05, 3.63) is 54.6 Å². The Balaban J connectivity index is 1.19. The lowest BCUT2D eigenvalue weighted by atomic mass is 10.0. The number of likely N-dealkylation sites (tertiary alicyclic amines) is 1. The summed E-state index contributed by atoms with van der Waals surface area (Å²) < 4.78 is 17.2. The van der Waals surface area contributed by atoms with E-state index in [1.807, 2.05) is 59.5 Å². The highest BCUT2D eigenvalue weighted by atomic mass is 16.7. The van der Waals surface area contributed by atoms with Crippen molar-refractivity contribution >= 4 is 11.6 Å². The average Bonchev–Trinajstić information content (AvgIpc) is 3.18. The molecule has 4 rings (SSSR count). The summed E-state index contributed by atoms with van der Waals surface area (Å²) >= 11 is 0. The van der Waals surface area contributed by atoms with Crippen molar-refractivity contribution in [2.45, 2.75) is 25.0 Å². The first-order chi connectivity index (χ1) is 13.7. The molecule has 2 aliphatic heterocycles. The number of para-hydroxylation sites is 1. The third-order valence-corrected chi connectivity index (χ3v) is 5.19. The normalized spacial score (nSPS) is 18.2. The van der Waals surface area contributed by atoms with Crippen LogP contribution in [-0.2, 0) is 14.3 Å². The zero-order valence-corrected chi connectivity index (χ0v) is 15.9. The van der Waals surface area contributed by atoms with Crippen LogP contribution in [0.5, 0.6) is 11.5 Å². The Labute approximate surface area is 165 Å². The number of piperidine rings is 1. The van der Waals surface area contributed by atoms with E-state index in [0.29, 0.717) is 39.3 Å². The first-order valence-corrected chi connectivity index (χ1v) is 9.85. The maximum Gasteiger partial charge on any atom is 0.224 e. The first kappa shape index (κ1) is 18.8. The quantitative estimate of drug-likeness (QED) is 0.826. The molecule has 0 aliphatic carbocycles. The SMILES string of the molecule is O=C(CCNc1ccc(Oc2ccccc2)cc1)N1CCC2(CC1)OCCO2. The van der Waals surface area contributed by atoms with E-state index in [1.54, 1.807) is 0 Å². The number of anilines is 1. The van der Waals surface area contributed by atoms with Gasteiger partial charge in [0.05, 0.1) is 13.2 Å². The van der Waals surface area contributed by atoms with Gasteiger partial charge in [0.25, 0.3) is 0 Å². The second-order valence-electron chi connectivity index (χ2n) is 7.10. The first-order valence-electron chi connectivity index (χ1n) is 9.85. The van der Waals surface area contributed by atoms with Gasteiger partial charge in [-0.05, 0) is 36.4 Å². The second-order valence-corrected chi connectivity index (χ2v) is 7.10. The van der Waals surface area contributed by atoms with Crippen molar-refractivity contribution in [2.24, 2.45) is 0 Å². The Morgan fingerprint density at radius 2 is 1.61 bits per heavy atom. The fourth-order valence-corrected chi connectivity index (χ4v) is 3.62. The van der Waals surface area contributed by atoms with E-state index in [2.05, 4.69) is 5.32 Å². The zero-order valence-electron chi connectivity index (χ0n) is 15.9. The number of nitrogens with zero attached hydrogens (tertiary/aromatic N) is 1. The van der Waals surface area contributed by atoms with Crippen LogP contribution < -0.4 is 10.1 Å². The fourth-order valence-electron chi connectivity index (χ4n) is 3.62. The molecule has 0 atom stereocenters. The van der Waals surface area contributed by atoms with E-state index >= 15 is 0 Å². The molecule has 28 heavy (non-hydrogen) atoms. The number of carbonyl (C=O) groups is 1. The number of benzene rings is 2. The van der Waals surface area contributed by atoms with E-state index in [-0.39, 0.29) is 5.91 Å². The van der Waals surface area contributed by atoms with E-state index in [0.717, 1.165) is 30.0 Å². The molecule has 2 aromatic carbocycles. The Hall–Kier alpha value is -2.57. The highest BCUT2D eigenvalue weighted by Crippen LogP contribution is 2.31. The number of rotatable bonds is 6. The van der Waals surface area contributed by atoms with Crippen LogP contribution in [0.15, 0.2) is 54.6 Å². The van der Waals surface area contributed by atoms with Crippen LogP contribution in [0.1, 0.15) is 19.3 Å². The van der Waals surface area contributed by atoms with Gasteiger partial charge in [-0.15, -0.1) is 0 Å². The van der Waals surface area contributed by atoms with Crippen molar-refractivity contribution in [1.29, 1.82) is 0 Å². The second kappa shape index (κ2) is 8.63. The van der Waals surface area contributed by atoms with Gasteiger partial charge in [0.1, 0.15) is 11.5 Å². The summed E-state index contributed by atoms with van der Waals surface area (Å²) in [5, 5.41) is 3.30. The van der Waals surface area contributed by atoms with Crippen molar-refractivity contribution in [3.63, 3.8) is 0 Å². The van der Waals surface area contributed by atoms with Crippen LogP contribution in [0.2, 0.25) is 0 Å². The zero-order chi connectivity index (χ0) is 19.2. The monoisotopic (exact) mass is 382 g/mol. The van der Waals surface area contributed by atoms with E-state index in [9.17, 15) is 4.79 Å². The molecule has 0 radical (unpaired) electrons. The number of hydrogen-bond donors (Lipinski definition) is 1. The molecule has 6 nitrogen and oxygen atoms in total. The number of ether oxygens (including phenoxy) is 3. The average molecular weight is 382 g/mol. The molecule has 1 N–H and O–H groups in total. The molecule has 1 amide bonds. The summed E-state index contributed by atoms with van der Waals surface area (Å²) in [6, 6.07) is 17.4. The highest BCUT2D eigenvalue weighted by molar-refractivity contribution is 5.76. The van der Waals surface area contributed by atoms with Gasteiger partial charge in [-0.25, -0.2) is 0 Å². The van der Waals surface area contributed by atoms with Gasteiger partial charge in [-0.2, -0.15) is 0 Å². The molecular formula is C22H26N2O4. The molecule has 0 aromatic heterocycles. The predicted molar refractivity (Wildman–Crippen MR) is 107 cm³/mol. The van der Waals surface area contributed by atoms with Crippen LogP contribution in [0.3, 0.4) is 0 Å². The smallest absolute Gasteiger partial charge is 0.224 e. The molecule has 0 bridgehead atoms. The minimum absolute atomic E-state index is 0.171. The van der Waals surface area contributed by atoms with E-state index in [4.69, 9.17) is 14.2 Å². The lowest BCUT2D eigenvalue weighted by Crippen LogP contribution is -2.47. The minimum Gasteiger partial charge on any atom is -0.457 e. The van der Waals surface area contributed by atoms with Crippen molar-refractivity contribution in [1.82, 2.24) is 4.90 Å². The van der Waals surface area contributed by atoms with Crippen LogP contribution in [-0.4, -0.2) is 49.4 Å². The summed E-state index contributed by atoms with van der Waals surface area (Å²) in [4.78, 5) is 14.3. The van der Waals surface area contributed by atoms with Gasteiger partial charge < -0.3 is 24.4 Å². The molecule has 2 aliphatic rings.